The quantitative estimate of drug-likeness (QED) is 0.416. The first kappa shape index (κ1) is 50.2. The van der Waals surface area contributed by atoms with Crippen molar-refractivity contribution in [3.05, 3.63) is 0 Å². The van der Waals surface area contributed by atoms with Crippen molar-refractivity contribution in [3.8, 4) is 0 Å². The number of likely N-dealkylation sites (tertiary alicyclic amines) is 2. The van der Waals surface area contributed by atoms with Crippen molar-refractivity contribution in [3.63, 3.8) is 0 Å². The van der Waals surface area contributed by atoms with Crippen molar-refractivity contribution in [1.29, 1.82) is 0 Å². The summed E-state index contributed by atoms with van der Waals surface area (Å²) in [6.07, 6.45) is 5.24. The van der Waals surface area contributed by atoms with Crippen LogP contribution in [0, 0.1) is 0 Å². The molecular formula is C46H85N9O8. The first-order valence-corrected chi connectivity index (χ1v) is 24.5. The van der Waals surface area contributed by atoms with Gasteiger partial charge in [0.25, 0.3) is 0 Å². The average Bonchev–Trinajstić information content (AvgIpc) is 3.20. The van der Waals surface area contributed by atoms with Crippen molar-refractivity contribution in [2.75, 3.05) is 157 Å². The number of nitrogens with one attached hydrogen (secondary N) is 2. The van der Waals surface area contributed by atoms with Crippen LogP contribution in [0.5, 0.6) is 0 Å². The van der Waals surface area contributed by atoms with E-state index >= 15 is 0 Å². The van der Waals surface area contributed by atoms with Crippen LogP contribution in [-0.4, -0.2) is 251 Å². The molecule has 0 aromatic heterocycles. The number of carbonyl (C=O) groups is 3. The highest BCUT2D eigenvalue weighted by atomic mass is 16.6. The van der Waals surface area contributed by atoms with Crippen LogP contribution < -0.4 is 10.6 Å². The third-order valence-electron chi connectivity index (χ3n) is 13.7. The predicted octanol–water partition coefficient (Wildman–Crippen LogP) is 2.03. The number of piperidine rings is 3. The van der Waals surface area contributed by atoms with Crippen molar-refractivity contribution < 1.29 is 38.1 Å². The minimum absolute atomic E-state index is 0.161. The van der Waals surface area contributed by atoms with Crippen LogP contribution in [0.1, 0.15) is 80.1 Å². The monoisotopic (exact) mass is 892 g/mol. The molecule has 362 valence electrons. The van der Waals surface area contributed by atoms with E-state index in [9.17, 15) is 14.4 Å². The topological polar surface area (TPSA) is 144 Å². The van der Waals surface area contributed by atoms with Gasteiger partial charge in [-0.1, -0.05) is 0 Å². The molecule has 0 spiro atoms. The molecule has 2 amide bonds. The van der Waals surface area contributed by atoms with Gasteiger partial charge in [-0.2, -0.15) is 0 Å². The van der Waals surface area contributed by atoms with E-state index in [0.29, 0.717) is 38.0 Å². The number of rotatable bonds is 5. The lowest BCUT2D eigenvalue weighted by molar-refractivity contribution is -0.121. The van der Waals surface area contributed by atoms with E-state index in [1.807, 2.05) is 46.4 Å². The molecular weight excluding hydrogens is 807 g/mol. The molecule has 63 heavy (non-hydrogen) atoms. The zero-order valence-electron chi connectivity index (χ0n) is 40.0. The van der Waals surface area contributed by atoms with Crippen LogP contribution in [0.15, 0.2) is 0 Å². The molecule has 0 atom stereocenters. The van der Waals surface area contributed by atoms with E-state index in [0.717, 1.165) is 123 Å². The zero-order valence-corrected chi connectivity index (χ0v) is 40.0. The molecule has 9 aliphatic heterocycles. The number of hydrogen-bond acceptors (Lipinski definition) is 15. The second-order valence-corrected chi connectivity index (χ2v) is 20.7. The van der Waals surface area contributed by atoms with Gasteiger partial charge in [0.1, 0.15) is 17.0 Å². The number of ether oxygens (including phenoxy) is 5. The Hall–Kier alpha value is -2.19. The molecule has 9 saturated heterocycles. The average molecular weight is 892 g/mol. The molecule has 0 radical (unpaired) electrons. The Balaban J connectivity index is 0.000000146. The molecule has 17 nitrogen and oxygen atoms in total. The molecule has 0 aromatic carbocycles. The van der Waals surface area contributed by atoms with Crippen LogP contribution in [0.4, 0.5) is 9.59 Å². The van der Waals surface area contributed by atoms with Crippen molar-refractivity contribution in [1.82, 2.24) is 44.9 Å². The van der Waals surface area contributed by atoms with Crippen LogP contribution in [-0.2, 0) is 28.5 Å². The number of ketones is 1. The Morgan fingerprint density at radius 3 is 1.11 bits per heavy atom. The Morgan fingerprint density at radius 1 is 0.444 bits per heavy atom. The van der Waals surface area contributed by atoms with Crippen molar-refractivity contribution >= 4 is 18.0 Å². The number of nitrogens with zero attached hydrogens (tertiary/aromatic N) is 7. The summed E-state index contributed by atoms with van der Waals surface area (Å²) in [6.45, 7) is 36.3. The van der Waals surface area contributed by atoms with Crippen LogP contribution in [0.3, 0.4) is 0 Å². The standard InChI is InChI=1S/C17H31N3O3.C12H23N3O.C10H17NO3.C7H14N2O/c1-17(2,3)23-16(21)20-6-4-14(5-7-20)18-8-10-19(11-9-18)15-12-22-13-15;1-3-13-4-2-11(1)14-5-7-15(8-6-14)12-9-16-10-12;1-10(2,3)14-9(13)11-6-4-8(12)5-7-11;1-3-9(4-2-8-1)7-5-10-6-7/h14-15H,4-13H2,1-3H3;11-13H,1-10H2;4-7H2,1-3H3;7-8H,1-6H2. The number of amides is 2. The SMILES string of the molecule is C1CC(N2CCN(C3COC3)CC2)CCN1.C1CN(C2COC2)CCN1.CC(C)(C)OC(=O)N1CCC(=O)CC1.CC(C)(C)OC(=O)N1CCC(N2CCN(C3COC3)CC2)CC1. The molecule has 9 rings (SSSR count). The number of Topliss-reactive ketones (excluding diaryl/α,β-unsaturated/α-hetero) is 1. The van der Waals surface area contributed by atoms with E-state index in [1.165, 1.54) is 65.2 Å². The Kier molecular flexibility index (Phi) is 19.6. The lowest BCUT2D eigenvalue weighted by atomic mass is 10.0. The zero-order chi connectivity index (χ0) is 44.8. The number of piperazine rings is 3. The largest absolute Gasteiger partial charge is 0.444 e. The van der Waals surface area contributed by atoms with Gasteiger partial charge in [0, 0.05) is 130 Å². The second kappa shape index (κ2) is 24.5. The molecule has 9 heterocycles. The van der Waals surface area contributed by atoms with Gasteiger partial charge in [-0.15, -0.1) is 0 Å². The van der Waals surface area contributed by atoms with Gasteiger partial charge in [0.15, 0.2) is 0 Å². The molecule has 0 bridgehead atoms. The first-order valence-electron chi connectivity index (χ1n) is 24.5. The van der Waals surface area contributed by atoms with E-state index in [4.69, 9.17) is 23.7 Å². The normalized spacial score (nSPS) is 26.3. The van der Waals surface area contributed by atoms with Crippen molar-refractivity contribution in [2.24, 2.45) is 0 Å². The Bertz CT molecular complexity index is 1360. The van der Waals surface area contributed by atoms with Crippen LogP contribution >= 0.6 is 0 Å². The summed E-state index contributed by atoms with van der Waals surface area (Å²) in [7, 11) is 0. The van der Waals surface area contributed by atoms with E-state index < -0.39 is 11.2 Å². The fourth-order valence-corrected chi connectivity index (χ4v) is 9.46. The summed E-state index contributed by atoms with van der Waals surface area (Å²) in [4.78, 5) is 51.0. The van der Waals surface area contributed by atoms with E-state index in [2.05, 4.69) is 35.1 Å². The van der Waals surface area contributed by atoms with Gasteiger partial charge in [-0.05, 0) is 80.3 Å². The molecule has 0 unspecified atom stereocenters. The minimum atomic E-state index is -0.460. The second-order valence-electron chi connectivity index (χ2n) is 20.7. The molecule has 0 saturated carbocycles. The third kappa shape index (κ3) is 16.6. The molecule has 9 fully saturated rings. The van der Waals surface area contributed by atoms with Gasteiger partial charge < -0.3 is 44.1 Å². The highest BCUT2D eigenvalue weighted by Crippen LogP contribution is 2.23. The van der Waals surface area contributed by atoms with Gasteiger partial charge in [-0.3, -0.25) is 29.3 Å². The number of hydrogen-bond donors (Lipinski definition) is 2. The van der Waals surface area contributed by atoms with Gasteiger partial charge >= 0.3 is 12.2 Å². The Morgan fingerprint density at radius 2 is 0.762 bits per heavy atom. The van der Waals surface area contributed by atoms with Crippen LogP contribution in [0.25, 0.3) is 0 Å². The number of carbonyl (C=O) groups excluding carboxylic acids is 3. The summed E-state index contributed by atoms with van der Waals surface area (Å²) in [6, 6.07) is 3.60. The molecule has 0 aromatic rings. The summed E-state index contributed by atoms with van der Waals surface area (Å²) in [5.74, 6) is 0.227. The molecule has 9 aliphatic rings. The van der Waals surface area contributed by atoms with Crippen molar-refractivity contribution in [2.45, 2.75) is 121 Å². The van der Waals surface area contributed by atoms with Crippen LogP contribution in [0.2, 0.25) is 0 Å². The van der Waals surface area contributed by atoms with E-state index in [1.54, 1.807) is 4.90 Å². The summed E-state index contributed by atoms with van der Waals surface area (Å²) in [5.41, 5.74) is -0.867. The molecule has 2 N–H and O–H groups in total. The maximum Gasteiger partial charge on any atom is 0.410 e. The van der Waals surface area contributed by atoms with Gasteiger partial charge in [0.2, 0.25) is 0 Å². The maximum absolute atomic E-state index is 12.1. The van der Waals surface area contributed by atoms with Gasteiger partial charge in [0.05, 0.1) is 57.8 Å². The fourth-order valence-electron chi connectivity index (χ4n) is 9.46. The highest BCUT2D eigenvalue weighted by Gasteiger charge is 2.35. The predicted molar refractivity (Wildman–Crippen MR) is 243 cm³/mol. The lowest BCUT2D eigenvalue weighted by Gasteiger charge is -2.46. The smallest absolute Gasteiger partial charge is 0.410 e. The van der Waals surface area contributed by atoms with Gasteiger partial charge in [-0.25, -0.2) is 9.59 Å². The minimum Gasteiger partial charge on any atom is -0.444 e. The molecule has 0 aliphatic carbocycles. The third-order valence-corrected chi connectivity index (χ3v) is 13.7. The lowest BCUT2D eigenvalue weighted by Crippen LogP contribution is -2.59. The highest BCUT2D eigenvalue weighted by molar-refractivity contribution is 5.81. The Labute approximate surface area is 379 Å². The molecule has 17 heteroatoms. The summed E-state index contributed by atoms with van der Waals surface area (Å²) < 4.78 is 26.3. The maximum atomic E-state index is 12.1. The first-order chi connectivity index (χ1) is 30.2. The fraction of sp³-hybridized carbons (Fsp3) is 0.935. The summed E-state index contributed by atoms with van der Waals surface area (Å²) in [5, 5.41) is 6.78. The summed E-state index contributed by atoms with van der Waals surface area (Å²) >= 11 is 0. The van der Waals surface area contributed by atoms with E-state index in [-0.39, 0.29) is 18.0 Å².